The Hall–Kier alpha value is -3.90. The summed E-state index contributed by atoms with van der Waals surface area (Å²) < 4.78 is 13.7. The minimum absolute atomic E-state index is 0.391. The molecule has 232 valence electrons. The molecule has 4 aromatic carbocycles. The van der Waals surface area contributed by atoms with E-state index in [2.05, 4.69) is 52.0 Å². The number of esters is 2. The van der Waals surface area contributed by atoms with Crippen LogP contribution < -0.4 is 0 Å². The molecular weight excluding hydrogens is 663 g/mol. The molecule has 0 saturated carbocycles. The fourth-order valence-corrected chi connectivity index (χ4v) is 25.0. The van der Waals surface area contributed by atoms with Gasteiger partial charge in [-0.3, -0.25) is 0 Å². The Balaban J connectivity index is 2.16. The number of hydrogen-bond acceptors (Lipinski definition) is 4. The zero-order valence-corrected chi connectivity index (χ0v) is 30.1. The third-order valence-corrected chi connectivity index (χ3v) is 25.0. The molecule has 0 aliphatic carbocycles. The van der Waals surface area contributed by atoms with Crippen molar-refractivity contribution in [2.75, 3.05) is 14.2 Å². The average molecular weight is 707 g/mol. The summed E-state index contributed by atoms with van der Waals surface area (Å²) in [4.78, 5) is 28.5. The second-order valence-corrected chi connectivity index (χ2v) is 24.1. The predicted octanol–water partition coefficient (Wildman–Crippen LogP) is 8.98. The zero-order valence-electron chi connectivity index (χ0n) is 27.2. The number of methoxy groups -OCH3 is 2. The molecule has 0 atom stereocenters. The Labute approximate surface area is 272 Å². The van der Waals surface area contributed by atoms with Gasteiger partial charge in [-0.25, -0.2) is 0 Å². The second kappa shape index (κ2) is 14.9. The molecule has 0 bridgehead atoms. The van der Waals surface area contributed by atoms with E-state index in [1.165, 1.54) is 14.2 Å². The number of carbonyl (C=O) groups excluding carboxylic acids is 2. The van der Waals surface area contributed by atoms with Crippen molar-refractivity contribution in [3.63, 3.8) is 0 Å². The van der Waals surface area contributed by atoms with Crippen LogP contribution in [0.3, 0.4) is 0 Å². The van der Waals surface area contributed by atoms with Crippen molar-refractivity contribution in [2.24, 2.45) is 0 Å². The Kier molecular flexibility index (Phi) is 11.3. The number of rotatable bonds is 12. The summed E-state index contributed by atoms with van der Waals surface area (Å²) in [6.45, 7) is 8.88. The van der Waals surface area contributed by atoms with E-state index >= 15 is 0 Å². The van der Waals surface area contributed by atoms with E-state index in [1.807, 2.05) is 109 Å². The van der Waals surface area contributed by atoms with Crippen LogP contribution in [0, 0.1) is 0 Å². The fourth-order valence-electron chi connectivity index (χ4n) is 6.52. The van der Waals surface area contributed by atoms with Gasteiger partial charge in [0.05, 0.1) is 0 Å². The Morgan fingerprint density at radius 3 is 1.11 bits per heavy atom. The molecule has 0 radical (unpaired) electrons. The molecule has 0 N–H and O–H groups in total. The van der Waals surface area contributed by atoms with Gasteiger partial charge in [0.1, 0.15) is 0 Å². The summed E-state index contributed by atoms with van der Waals surface area (Å²) in [6, 6.07) is 40.5. The molecule has 0 aromatic heterocycles. The molecular formula is C40H44O4Sn. The number of benzene rings is 4. The van der Waals surface area contributed by atoms with E-state index in [4.69, 9.17) is 9.47 Å². The maximum atomic E-state index is 14.3. The normalized spacial score (nSPS) is 12.8. The van der Waals surface area contributed by atoms with Gasteiger partial charge in [0.25, 0.3) is 0 Å². The molecule has 45 heavy (non-hydrogen) atoms. The van der Waals surface area contributed by atoms with Gasteiger partial charge in [0, 0.05) is 0 Å². The fraction of sp³-hybridized carbons (Fsp3) is 0.250. The first-order chi connectivity index (χ1) is 21.5. The van der Waals surface area contributed by atoms with Crippen molar-refractivity contribution >= 4 is 42.5 Å². The molecule has 5 heteroatoms. The summed E-state index contributed by atoms with van der Waals surface area (Å²) in [7, 11) is 2.86. The molecule has 4 aromatic rings. The van der Waals surface area contributed by atoms with Gasteiger partial charge in [0.2, 0.25) is 0 Å². The molecule has 0 aliphatic rings. The van der Waals surface area contributed by atoms with Gasteiger partial charge in [0.15, 0.2) is 0 Å². The first-order valence-electron chi connectivity index (χ1n) is 15.3. The van der Waals surface area contributed by atoms with Crippen molar-refractivity contribution in [2.45, 2.75) is 47.4 Å². The van der Waals surface area contributed by atoms with Crippen LogP contribution in [0.15, 0.2) is 129 Å². The third kappa shape index (κ3) is 8.23. The predicted molar refractivity (Wildman–Crippen MR) is 187 cm³/mol. The zero-order chi connectivity index (χ0) is 32.5. The van der Waals surface area contributed by atoms with Crippen molar-refractivity contribution in [3.8, 4) is 0 Å². The van der Waals surface area contributed by atoms with Gasteiger partial charge in [-0.05, 0) is 0 Å². The summed E-state index contributed by atoms with van der Waals surface area (Å²) >= 11 is -4.62. The molecule has 0 saturated heterocycles. The van der Waals surface area contributed by atoms with Crippen molar-refractivity contribution in [3.05, 3.63) is 151 Å². The first-order valence-corrected chi connectivity index (χ1v) is 22.2. The van der Waals surface area contributed by atoms with Crippen LogP contribution in [0.5, 0.6) is 0 Å². The summed E-state index contributed by atoms with van der Waals surface area (Å²) in [5, 5.41) is 0. The van der Waals surface area contributed by atoms with Crippen LogP contribution in [0.1, 0.15) is 49.9 Å². The molecule has 0 aliphatic heterocycles. The van der Waals surface area contributed by atoms with Gasteiger partial charge in [-0.1, -0.05) is 0 Å². The Bertz CT molecular complexity index is 1500. The summed E-state index contributed by atoms with van der Waals surface area (Å²) in [5.41, 5.74) is 3.29. The van der Waals surface area contributed by atoms with Crippen LogP contribution in [0.4, 0.5) is 0 Å². The summed E-state index contributed by atoms with van der Waals surface area (Å²) in [6.07, 6.45) is 3.96. The first kappa shape index (κ1) is 34.0. The topological polar surface area (TPSA) is 52.6 Å². The number of hydrogen-bond donors (Lipinski definition) is 0. The van der Waals surface area contributed by atoms with E-state index in [-0.39, 0.29) is 0 Å². The van der Waals surface area contributed by atoms with E-state index in [0.717, 1.165) is 22.3 Å². The van der Waals surface area contributed by atoms with E-state index in [9.17, 15) is 9.59 Å². The van der Waals surface area contributed by atoms with Gasteiger partial charge in [-0.2, -0.15) is 0 Å². The minimum atomic E-state index is -4.62. The standard InChI is InChI=1S/2C10H9O2.2C10H13.Sn/c2*1-12-10(11)8-7-9-5-3-2-4-6-9;2*1-10(2,3)9-7-5-4-6-8-9;/h2*2-7H,1H3;2*4-8H,1H2,2-3H3;. The quantitative estimate of drug-likeness (QED) is 0.0839. The molecule has 0 amide bonds. The van der Waals surface area contributed by atoms with Gasteiger partial charge >= 0.3 is 274 Å². The van der Waals surface area contributed by atoms with Crippen molar-refractivity contribution in [1.29, 1.82) is 0 Å². The SMILES string of the molecule is COC(=O)/[C](=C/c1ccccc1)[Sn]([CH2]C(C)(C)c1ccccc1)([CH2]C(C)(C)c1ccccc1)/[C](=C\c1ccccc1)C(=O)OC. The molecule has 0 unspecified atom stereocenters. The van der Waals surface area contributed by atoms with E-state index < -0.39 is 41.1 Å². The van der Waals surface area contributed by atoms with E-state index in [0.29, 0.717) is 16.1 Å². The molecule has 4 nitrogen and oxygen atoms in total. The van der Waals surface area contributed by atoms with Crippen molar-refractivity contribution < 1.29 is 19.1 Å². The van der Waals surface area contributed by atoms with Crippen molar-refractivity contribution in [1.82, 2.24) is 0 Å². The van der Waals surface area contributed by atoms with Crippen LogP contribution in [-0.4, -0.2) is 44.5 Å². The second-order valence-electron chi connectivity index (χ2n) is 12.9. The van der Waals surface area contributed by atoms with Crippen LogP contribution in [-0.2, 0) is 29.9 Å². The van der Waals surface area contributed by atoms with E-state index in [1.54, 1.807) is 0 Å². The number of carbonyl (C=O) groups is 2. The number of ether oxygens (including phenoxy) is 2. The Morgan fingerprint density at radius 2 is 0.822 bits per heavy atom. The summed E-state index contributed by atoms with van der Waals surface area (Å²) in [5.74, 6) is -0.796. The molecule has 0 fully saturated rings. The molecule has 0 heterocycles. The van der Waals surface area contributed by atoms with Gasteiger partial charge < -0.3 is 0 Å². The third-order valence-electron chi connectivity index (χ3n) is 8.66. The van der Waals surface area contributed by atoms with Gasteiger partial charge in [-0.15, -0.1) is 0 Å². The molecule has 4 rings (SSSR count). The van der Waals surface area contributed by atoms with Crippen LogP contribution >= 0.6 is 0 Å². The monoisotopic (exact) mass is 708 g/mol. The Morgan fingerprint density at radius 1 is 0.533 bits per heavy atom. The maximum absolute atomic E-state index is 14.3. The molecule has 0 spiro atoms. The average Bonchev–Trinajstić information content (AvgIpc) is 3.06. The van der Waals surface area contributed by atoms with Crippen LogP contribution in [0.25, 0.3) is 12.2 Å². The van der Waals surface area contributed by atoms with Crippen LogP contribution in [0.2, 0.25) is 8.87 Å².